The molecule has 1 aromatic carbocycles. The van der Waals surface area contributed by atoms with Crippen LogP contribution in [0.25, 0.3) is 0 Å². The Morgan fingerprint density at radius 2 is 2.24 bits per heavy atom. The van der Waals surface area contributed by atoms with Gasteiger partial charge >= 0.3 is 0 Å². The molecular formula is C12H15ClN2OS. The maximum absolute atomic E-state index is 5.97. The zero-order chi connectivity index (χ0) is 12.5. The van der Waals surface area contributed by atoms with Crippen LogP contribution in [-0.4, -0.2) is 23.6 Å². The molecule has 0 saturated carbocycles. The largest absolute Gasteiger partial charge is 0.495 e. The Labute approximate surface area is 111 Å². The molecule has 2 rings (SSSR count). The second-order valence-corrected chi connectivity index (χ2v) is 6.59. The number of nitrogens with zero attached hydrogens (tertiary/aromatic N) is 1. The number of rotatable bonds is 2. The summed E-state index contributed by atoms with van der Waals surface area (Å²) in [4.78, 5) is 4.46. The van der Waals surface area contributed by atoms with E-state index < -0.39 is 0 Å². The van der Waals surface area contributed by atoms with E-state index in [-0.39, 0.29) is 4.75 Å². The van der Waals surface area contributed by atoms with Gasteiger partial charge in [-0.1, -0.05) is 23.4 Å². The van der Waals surface area contributed by atoms with Gasteiger partial charge in [-0.05, 0) is 32.0 Å². The normalized spacial score (nSPS) is 17.8. The molecule has 3 nitrogen and oxygen atoms in total. The number of nitrogens with one attached hydrogen (secondary N) is 1. The zero-order valence-corrected chi connectivity index (χ0v) is 11.7. The Morgan fingerprint density at radius 1 is 1.47 bits per heavy atom. The standard InChI is InChI=1S/C12H15ClN2OS/c1-12(2)7-14-11(17-12)15-9-6-8(13)4-5-10(9)16-3/h4-6H,7H2,1-3H3,(H,14,15). The molecule has 0 saturated heterocycles. The molecule has 5 heteroatoms. The molecule has 0 fully saturated rings. The average molecular weight is 271 g/mol. The molecule has 1 heterocycles. The van der Waals surface area contributed by atoms with Crippen molar-refractivity contribution in [3.8, 4) is 5.75 Å². The van der Waals surface area contributed by atoms with Crippen molar-refractivity contribution in [2.75, 3.05) is 19.0 Å². The summed E-state index contributed by atoms with van der Waals surface area (Å²) < 4.78 is 5.44. The lowest BCUT2D eigenvalue weighted by molar-refractivity contribution is 0.417. The summed E-state index contributed by atoms with van der Waals surface area (Å²) in [6.45, 7) is 5.17. The Morgan fingerprint density at radius 3 is 2.82 bits per heavy atom. The van der Waals surface area contributed by atoms with E-state index in [4.69, 9.17) is 16.3 Å². The minimum Gasteiger partial charge on any atom is -0.495 e. The van der Waals surface area contributed by atoms with Gasteiger partial charge in [0, 0.05) is 9.77 Å². The highest BCUT2D eigenvalue weighted by atomic mass is 35.5. The second-order valence-electron chi connectivity index (χ2n) is 4.45. The van der Waals surface area contributed by atoms with Crippen LogP contribution in [0.15, 0.2) is 23.2 Å². The molecule has 1 aromatic rings. The van der Waals surface area contributed by atoms with Crippen LogP contribution < -0.4 is 10.1 Å². The SMILES string of the molecule is COc1ccc(Cl)cc1NC1=NCC(C)(C)S1. The number of benzene rings is 1. The van der Waals surface area contributed by atoms with Gasteiger partial charge in [0.2, 0.25) is 0 Å². The third-order valence-electron chi connectivity index (χ3n) is 2.38. The first kappa shape index (κ1) is 12.6. The van der Waals surface area contributed by atoms with Gasteiger partial charge in [0.1, 0.15) is 5.75 Å². The lowest BCUT2D eigenvalue weighted by Gasteiger charge is -2.15. The first-order valence-corrected chi connectivity index (χ1v) is 6.54. The van der Waals surface area contributed by atoms with Crippen LogP contribution in [0, 0.1) is 0 Å². The van der Waals surface area contributed by atoms with Gasteiger partial charge in [0.05, 0.1) is 19.3 Å². The van der Waals surface area contributed by atoms with Gasteiger partial charge in [-0.2, -0.15) is 0 Å². The molecule has 92 valence electrons. The monoisotopic (exact) mass is 270 g/mol. The van der Waals surface area contributed by atoms with Crippen LogP contribution in [0.1, 0.15) is 13.8 Å². The number of ether oxygens (including phenoxy) is 1. The average Bonchev–Trinajstić information content (AvgIpc) is 2.58. The predicted molar refractivity (Wildman–Crippen MR) is 75.6 cm³/mol. The van der Waals surface area contributed by atoms with Crippen LogP contribution in [-0.2, 0) is 0 Å². The molecule has 1 N–H and O–H groups in total. The Bertz CT molecular complexity index is 460. The van der Waals surface area contributed by atoms with Gasteiger partial charge < -0.3 is 10.1 Å². The fraction of sp³-hybridized carbons (Fsp3) is 0.417. The smallest absolute Gasteiger partial charge is 0.161 e. The molecule has 0 radical (unpaired) electrons. The molecule has 0 unspecified atom stereocenters. The van der Waals surface area contributed by atoms with Gasteiger partial charge in [-0.25, -0.2) is 0 Å². The van der Waals surface area contributed by atoms with E-state index in [1.54, 1.807) is 24.9 Å². The van der Waals surface area contributed by atoms with Crippen LogP contribution in [0.2, 0.25) is 5.02 Å². The fourth-order valence-electron chi connectivity index (χ4n) is 1.55. The van der Waals surface area contributed by atoms with Gasteiger partial charge in [0.15, 0.2) is 5.17 Å². The van der Waals surface area contributed by atoms with Gasteiger partial charge in [0.25, 0.3) is 0 Å². The second kappa shape index (κ2) is 4.78. The molecule has 1 aliphatic rings. The topological polar surface area (TPSA) is 33.6 Å². The highest BCUT2D eigenvalue weighted by Gasteiger charge is 2.27. The van der Waals surface area contributed by atoms with E-state index in [9.17, 15) is 0 Å². The van der Waals surface area contributed by atoms with E-state index in [0.29, 0.717) is 5.02 Å². The summed E-state index contributed by atoms with van der Waals surface area (Å²) in [6, 6.07) is 5.49. The number of hydrogen-bond donors (Lipinski definition) is 1. The number of methoxy groups -OCH3 is 1. The van der Waals surface area contributed by atoms with Crippen LogP contribution >= 0.6 is 23.4 Å². The number of thioether (sulfide) groups is 1. The van der Waals surface area contributed by atoms with Gasteiger partial charge in [-0.15, -0.1) is 0 Å². The molecule has 0 atom stereocenters. The zero-order valence-electron chi connectivity index (χ0n) is 10.1. The summed E-state index contributed by atoms with van der Waals surface area (Å²) in [5.41, 5.74) is 0.851. The highest BCUT2D eigenvalue weighted by molar-refractivity contribution is 8.15. The molecule has 17 heavy (non-hydrogen) atoms. The van der Waals surface area contributed by atoms with Crippen molar-refractivity contribution in [1.82, 2.24) is 0 Å². The van der Waals surface area contributed by atoms with Gasteiger partial charge in [-0.3, -0.25) is 4.99 Å². The van der Waals surface area contributed by atoms with E-state index in [1.165, 1.54) is 0 Å². The summed E-state index contributed by atoms with van der Waals surface area (Å²) in [6.07, 6.45) is 0. The Hall–Kier alpha value is -0.870. The molecule has 0 aliphatic carbocycles. The molecule has 0 bridgehead atoms. The quantitative estimate of drug-likeness (QED) is 0.891. The van der Waals surface area contributed by atoms with E-state index >= 15 is 0 Å². The predicted octanol–water partition coefficient (Wildman–Crippen LogP) is 3.64. The van der Waals surface area contributed by atoms with E-state index in [0.717, 1.165) is 23.1 Å². The Kier molecular flexibility index (Phi) is 3.54. The summed E-state index contributed by atoms with van der Waals surface area (Å²) in [5.74, 6) is 0.766. The molecule has 0 spiro atoms. The Balaban J connectivity index is 2.16. The fourth-order valence-corrected chi connectivity index (χ4v) is 2.66. The third kappa shape index (κ3) is 3.07. The van der Waals surface area contributed by atoms with Crippen molar-refractivity contribution in [2.24, 2.45) is 4.99 Å². The number of hydrogen-bond acceptors (Lipinski definition) is 4. The maximum atomic E-state index is 5.97. The first-order chi connectivity index (χ1) is 8.00. The van der Waals surface area contributed by atoms with E-state index in [2.05, 4.69) is 24.2 Å². The van der Waals surface area contributed by atoms with Crippen molar-refractivity contribution in [3.05, 3.63) is 23.2 Å². The third-order valence-corrected chi connectivity index (χ3v) is 3.72. The maximum Gasteiger partial charge on any atom is 0.161 e. The lowest BCUT2D eigenvalue weighted by Crippen LogP contribution is -2.16. The number of amidine groups is 1. The molecule has 0 amide bonds. The number of anilines is 1. The van der Waals surface area contributed by atoms with Crippen LogP contribution in [0.5, 0.6) is 5.75 Å². The first-order valence-electron chi connectivity index (χ1n) is 5.34. The molecular weight excluding hydrogens is 256 g/mol. The molecule has 0 aromatic heterocycles. The van der Waals surface area contributed by atoms with Crippen molar-refractivity contribution in [3.63, 3.8) is 0 Å². The minimum atomic E-state index is 0.161. The van der Waals surface area contributed by atoms with E-state index in [1.807, 2.05) is 12.1 Å². The van der Waals surface area contributed by atoms with Crippen LogP contribution in [0.3, 0.4) is 0 Å². The van der Waals surface area contributed by atoms with Crippen molar-refractivity contribution in [2.45, 2.75) is 18.6 Å². The van der Waals surface area contributed by atoms with Crippen LogP contribution in [0.4, 0.5) is 5.69 Å². The lowest BCUT2D eigenvalue weighted by atomic mass is 10.2. The minimum absolute atomic E-state index is 0.161. The molecule has 1 aliphatic heterocycles. The highest BCUT2D eigenvalue weighted by Crippen LogP contribution is 2.35. The summed E-state index contributed by atoms with van der Waals surface area (Å²) in [5, 5.41) is 4.85. The van der Waals surface area contributed by atoms with Crippen molar-refractivity contribution >= 4 is 34.2 Å². The summed E-state index contributed by atoms with van der Waals surface area (Å²) in [7, 11) is 1.64. The number of aliphatic imine (C=N–C) groups is 1. The van der Waals surface area contributed by atoms with Crippen molar-refractivity contribution < 1.29 is 4.74 Å². The summed E-state index contributed by atoms with van der Waals surface area (Å²) >= 11 is 7.70. The van der Waals surface area contributed by atoms with Crippen molar-refractivity contribution in [1.29, 1.82) is 0 Å². The number of halogens is 1.